The first kappa shape index (κ1) is 29.3. The van der Waals surface area contributed by atoms with Crippen LogP contribution in [0.5, 0.6) is 0 Å². The smallest absolute Gasteiger partial charge is 0.251 e. The van der Waals surface area contributed by atoms with Crippen molar-refractivity contribution < 1.29 is 14.7 Å². The lowest BCUT2D eigenvalue weighted by Gasteiger charge is -2.26. The van der Waals surface area contributed by atoms with Gasteiger partial charge in [-0.05, 0) is 68.0 Å². The van der Waals surface area contributed by atoms with Crippen LogP contribution in [-0.4, -0.2) is 55.2 Å². The van der Waals surface area contributed by atoms with E-state index in [9.17, 15) is 14.7 Å². The maximum Gasteiger partial charge on any atom is 0.251 e. The van der Waals surface area contributed by atoms with Crippen molar-refractivity contribution in [1.29, 1.82) is 0 Å². The first-order chi connectivity index (χ1) is 19.4. The molecule has 0 saturated carbocycles. The molecule has 0 aliphatic carbocycles. The molecule has 3 aromatic carbocycles. The van der Waals surface area contributed by atoms with Gasteiger partial charge in [0, 0.05) is 43.0 Å². The lowest BCUT2D eigenvalue weighted by molar-refractivity contribution is -0.117. The summed E-state index contributed by atoms with van der Waals surface area (Å²) in [6.45, 7) is 6.65. The van der Waals surface area contributed by atoms with E-state index < -0.39 is 12.1 Å². The van der Waals surface area contributed by atoms with Crippen LogP contribution in [-0.2, 0) is 17.6 Å². The van der Waals surface area contributed by atoms with Crippen molar-refractivity contribution in [3.63, 3.8) is 0 Å². The fourth-order valence-corrected chi connectivity index (χ4v) is 5.24. The summed E-state index contributed by atoms with van der Waals surface area (Å²) in [6, 6.07) is 25.3. The second kappa shape index (κ2) is 14.6. The number of nitrogens with one attached hydrogen (secondary N) is 3. The van der Waals surface area contributed by atoms with Gasteiger partial charge in [0.2, 0.25) is 5.91 Å². The number of carbonyl (C=O) groups excluding carboxylic acids is 2. The molecule has 1 aliphatic heterocycles. The molecule has 7 heteroatoms. The molecule has 0 spiro atoms. The van der Waals surface area contributed by atoms with Gasteiger partial charge in [0.05, 0.1) is 12.1 Å². The third kappa shape index (κ3) is 8.41. The first-order valence-corrected chi connectivity index (χ1v) is 14.4. The summed E-state index contributed by atoms with van der Waals surface area (Å²) < 4.78 is 0. The molecule has 212 valence electrons. The van der Waals surface area contributed by atoms with E-state index in [1.165, 1.54) is 5.56 Å². The largest absolute Gasteiger partial charge is 0.390 e. The molecule has 1 unspecified atom stereocenters. The molecule has 2 amide bonds. The summed E-state index contributed by atoms with van der Waals surface area (Å²) in [4.78, 5) is 27.7. The van der Waals surface area contributed by atoms with Crippen molar-refractivity contribution in [2.24, 2.45) is 5.92 Å². The number of aliphatic hydroxyl groups is 1. The molecule has 4 N–H and O–H groups in total. The fraction of sp³-hybridized carbons (Fsp3) is 0.394. The molecule has 0 radical (unpaired) electrons. The van der Waals surface area contributed by atoms with E-state index in [1.807, 2.05) is 49.4 Å². The van der Waals surface area contributed by atoms with Crippen molar-refractivity contribution in [3.8, 4) is 0 Å². The quantitative estimate of drug-likeness (QED) is 0.242. The van der Waals surface area contributed by atoms with Crippen LogP contribution in [0, 0.1) is 5.92 Å². The Kier molecular flexibility index (Phi) is 10.7. The second-order valence-electron chi connectivity index (χ2n) is 10.7. The van der Waals surface area contributed by atoms with Gasteiger partial charge in [0.25, 0.3) is 5.91 Å². The number of nitrogens with zero attached hydrogens (tertiary/aromatic N) is 1. The van der Waals surface area contributed by atoms with E-state index in [0.29, 0.717) is 44.0 Å². The summed E-state index contributed by atoms with van der Waals surface area (Å²) in [7, 11) is 0. The van der Waals surface area contributed by atoms with Gasteiger partial charge in [-0.2, -0.15) is 0 Å². The van der Waals surface area contributed by atoms with Gasteiger partial charge < -0.3 is 26.0 Å². The van der Waals surface area contributed by atoms with Crippen molar-refractivity contribution in [3.05, 3.63) is 95.6 Å². The van der Waals surface area contributed by atoms with Crippen LogP contribution in [0.3, 0.4) is 0 Å². The third-order valence-corrected chi connectivity index (χ3v) is 7.30. The lowest BCUT2D eigenvalue weighted by Crippen LogP contribution is -2.49. The molecule has 1 heterocycles. The Morgan fingerprint density at radius 1 is 0.950 bits per heavy atom. The van der Waals surface area contributed by atoms with Crippen molar-refractivity contribution in [2.75, 3.05) is 36.4 Å². The Morgan fingerprint density at radius 2 is 1.62 bits per heavy atom. The molecular weight excluding hydrogens is 500 g/mol. The monoisotopic (exact) mass is 542 g/mol. The second-order valence-corrected chi connectivity index (χ2v) is 10.7. The van der Waals surface area contributed by atoms with Gasteiger partial charge in [0.1, 0.15) is 0 Å². The average molecular weight is 543 g/mol. The summed E-state index contributed by atoms with van der Waals surface area (Å²) >= 11 is 0. The Hall–Kier alpha value is -3.68. The highest BCUT2D eigenvalue weighted by Gasteiger charge is 2.26. The third-order valence-electron chi connectivity index (χ3n) is 7.30. The highest BCUT2D eigenvalue weighted by Crippen LogP contribution is 2.27. The van der Waals surface area contributed by atoms with Crippen molar-refractivity contribution in [1.82, 2.24) is 10.6 Å². The number of anilines is 2. The fourth-order valence-electron chi connectivity index (χ4n) is 5.24. The molecule has 1 fully saturated rings. The van der Waals surface area contributed by atoms with E-state index in [2.05, 4.69) is 47.1 Å². The van der Waals surface area contributed by atoms with Crippen LogP contribution in [0.15, 0.2) is 78.9 Å². The molecule has 3 atom stereocenters. The number of hydrogen-bond acceptors (Lipinski definition) is 5. The highest BCUT2D eigenvalue weighted by molar-refractivity contribution is 6.00. The highest BCUT2D eigenvalue weighted by atomic mass is 16.3. The Balaban J connectivity index is 1.45. The molecule has 3 aromatic rings. The normalized spacial score (nSPS) is 15.5. The van der Waals surface area contributed by atoms with E-state index in [4.69, 9.17) is 0 Å². The Morgan fingerprint density at radius 3 is 2.25 bits per heavy atom. The molecule has 7 nitrogen and oxygen atoms in total. The first-order valence-electron chi connectivity index (χ1n) is 14.4. The number of rotatable bonds is 14. The minimum Gasteiger partial charge on any atom is -0.390 e. The number of aliphatic hydroxyl groups excluding tert-OH is 1. The SMILES string of the molecule is CCNc1cc(C(=O)N[C@@H](Cc2ccccc2)[C@@H](O)CNCC(C)Cc2ccccc2)cc(N2CCCC2=O)c1. The van der Waals surface area contributed by atoms with Crippen LogP contribution in [0.4, 0.5) is 11.4 Å². The Labute approximate surface area is 238 Å². The van der Waals surface area contributed by atoms with Crippen LogP contribution in [0.1, 0.15) is 48.2 Å². The molecule has 1 aliphatic rings. The van der Waals surface area contributed by atoms with E-state index in [-0.39, 0.29) is 11.8 Å². The van der Waals surface area contributed by atoms with Crippen LogP contribution in [0.25, 0.3) is 0 Å². The summed E-state index contributed by atoms with van der Waals surface area (Å²) in [5.74, 6) is 0.201. The minimum atomic E-state index is -0.787. The average Bonchev–Trinajstić information content (AvgIpc) is 3.39. The molecule has 40 heavy (non-hydrogen) atoms. The summed E-state index contributed by atoms with van der Waals surface area (Å²) in [5.41, 5.74) is 4.30. The number of carbonyl (C=O) groups is 2. The predicted molar refractivity (Wildman–Crippen MR) is 162 cm³/mol. The van der Waals surface area contributed by atoms with Gasteiger partial charge in [-0.15, -0.1) is 0 Å². The van der Waals surface area contributed by atoms with Gasteiger partial charge in [0.15, 0.2) is 0 Å². The zero-order chi connectivity index (χ0) is 28.3. The van der Waals surface area contributed by atoms with Gasteiger partial charge in [-0.25, -0.2) is 0 Å². The molecule has 0 aromatic heterocycles. The van der Waals surface area contributed by atoms with E-state index in [1.54, 1.807) is 17.0 Å². The van der Waals surface area contributed by atoms with Crippen LogP contribution in [0.2, 0.25) is 0 Å². The summed E-state index contributed by atoms with van der Waals surface area (Å²) in [6.07, 6.45) is 2.01. The molecule has 0 bridgehead atoms. The van der Waals surface area contributed by atoms with Gasteiger partial charge in [-0.1, -0.05) is 67.6 Å². The lowest BCUT2D eigenvalue weighted by atomic mass is 9.99. The van der Waals surface area contributed by atoms with Crippen molar-refractivity contribution in [2.45, 2.75) is 51.7 Å². The maximum atomic E-state index is 13.6. The zero-order valence-electron chi connectivity index (χ0n) is 23.6. The number of amides is 2. The molecule has 4 rings (SSSR count). The molecular formula is C33H42N4O3. The van der Waals surface area contributed by atoms with Crippen molar-refractivity contribution >= 4 is 23.2 Å². The van der Waals surface area contributed by atoms with E-state index >= 15 is 0 Å². The zero-order valence-corrected chi connectivity index (χ0v) is 23.6. The standard InChI is InChI=1S/C33H42N4O3/c1-3-35-28-19-27(20-29(21-28)37-16-10-15-32(37)39)33(40)36-30(18-26-13-8-5-9-14-26)31(38)23-34-22-24(2)17-25-11-6-4-7-12-25/h4-9,11-14,19-21,24,30-31,34-35,38H,3,10,15-18,22-23H2,1-2H3,(H,36,40)/t24?,30-,31-/m0/s1. The van der Waals surface area contributed by atoms with Gasteiger partial charge in [-0.3, -0.25) is 9.59 Å². The Bertz CT molecular complexity index is 1230. The van der Waals surface area contributed by atoms with Gasteiger partial charge >= 0.3 is 0 Å². The van der Waals surface area contributed by atoms with Crippen LogP contribution >= 0.6 is 0 Å². The predicted octanol–water partition coefficient (Wildman–Crippen LogP) is 4.42. The topological polar surface area (TPSA) is 93.7 Å². The summed E-state index contributed by atoms with van der Waals surface area (Å²) in [5, 5.41) is 21.0. The molecule has 1 saturated heterocycles. The van der Waals surface area contributed by atoms with Crippen LogP contribution < -0.4 is 20.9 Å². The number of benzene rings is 3. The maximum absolute atomic E-state index is 13.6. The van der Waals surface area contributed by atoms with E-state index in [0.717, 1.165) is 36.3 Å². The minimum absolute atomic E-state index is 0.0740. The number of hydrogen-bond donors (Lipinski definition) is 4.